The van der Waals surface area contributed by atoms with Crippen LogP contribution in [0.1, 0.15) is 30.0 Å². The fourth-order valence-corrected chi connectivity index (χ4v) is 3.95. The maximum Gasteiger partial charge on any atom is 0.191 e. The molecule has 0 amide bonds. The van der Waals surface area contributed by atoms with Gasteiger partial charge in [-0.05, 0) is 56.3 Å². The lowest BCUT2D eigenvalue weighted by molar-refractivity contribution is 0.328. The van der Waals surface area contributed by atoms with Crippen LogP contribution in [0.25, 0.3) is 0 Å². The number of guanidine groups is 1. The van der Waals surface area contributed by atoms with Crippen molar-refractivity contribution in [2.75, 3.05) is 39.8 Å². The molecule has 0 bridgehead atoms. The molecule has 3 rings (SSSR count). The van der Waals surface area contributed by atoms with Gasteiger partial charge in [-0.3, -0.25) is 4.99 Å². The van der Waals surface area contributed by atoms with E-state index in [1.165, 1.54) is 24.1 Å². The van der Waals surface area contributed by atoms with E-state index in [0.717, 1.165) is 43.3 Å². The second kappa shape index (κ2) is 11.6. The van der Waals surface area contributed by atoms with Crippen LogP contribution < -0.4 is 15.4 Å². The van der Waals surface area contributed by atoms with Crippen LogP contribution in [-0.2, 0) is 13.0 Å². The molecule has 1 fully saturated rings. The van der Waals surface area contributed by atoms with E-state index in [2.05, 4.69) is 76.0 Å². The Morgan fingerprint density at radius 1 is 1.17 bits per heavy atom. The van der Waals surface area contributed by atoms with E-state index in [-0.39, 0.29) is 0 Å². The van der Waals surface area contributed by atoms with Crippen LogP contribution in [0.2, 0.25) is 0 Å². The third-order valence-electron chi connectivity index (χ3n) is 5.68. The molecule has 30 heavy (non-hydrogen) atoms. The smallest absolute Gasteiger partial charge is 0.191 e. The number of hydrogen-bond donors (Lipinski definition) is 2. The summed E-state index contributed by atoms with van der Waals surface area (Å²) < 4.78 is 5.79. The van der Waals surface area contributed by atoms with Gasteiger partial charge < -0.3 is 20.3 Å². The first-order valence-corrected chi connectivity index (χ1v) is 11.1. The largest absolute Gasteiger partial charge is 0.494 e. The minimum atomic E-state index is 0.665. The fourth-order valence-electron chi connectivity index (χ4n) is 3.95. The number of benzene rings is 2. The second-order valence-corrected chi connectivity index (χ2v) is 8.04. The van der Waals surface area contributed by atoms with E-state index in [9.17, 15) is 0 Å². The van der Waals surface area contributed by atoms with Crippen molar-refractivity contribution in [1.29, 1.82) is 0 Å². The Labute approximate surface area is 181 Å². The summed E-state index contributed by atoms with van der Waals surface area (Å²) in [7, 11) is 1.83. The molecule has 0 saturated carbocycles. The molecule has 5 heteroatoms. The summed E-state index contributed by atoms with van der Waals surface area (Å²) in [6, 6.07) is 17.1. The first kappa shape index (κ1) is 22.2. The third kappa shape index (κ3) is 6.77. The minimum absolute atomic E-state index is 0.665. The first-order chi connectivity index (χ1) is 14.7. The number of nitrogens with zero attached hydrogens (tertiary/aromatic N) is 2. The molecule has 1 atom stereocenters. The van der Waals surface area contributed by atoms with Crippen LogP contribution in [0.4, 0.5) is 0 Å². The van der Waals surface area contributed by atoms with Crippen LogP contribution in [0.5, 0.6) is 5.75 Å². The Hall–Kier alpha value is -2.53. The van der Waals surface area contributed by atoms with Crippen molar-refractivity contribution >= 4 is 5.96 Å². The molecule has 1 saturated heterocycles. The lowest BCUT2D eigenvalue weighted by Gasteiger charge is -2.18. The number of aryl methyl sites for hydroxylation is 1. The van der Waals surface area contributed by atoms with Crippen molar-refractivity contribution in [1.82, 2.24) is 15.5 Å². The summed E-state index contributed by atoms with van der Waals surface area (Å²) >= 11 is 0. The maximum atomic E-state index is 5.79. The van der Waals surface area contributed by atoms with Crippen molar-refractivity contribution in [3.63, 3.8) is 0 Å². The second-order valence-electron chi connectivity index (χ2n) is 8.04. The Balaban J connectivity index is 1.40. The van der Waals surface area contributed by atoms with E-state index in [1.54, 1.807) is 0 Å². The first-order valence-electron chi connectivity index (χ1n) is 11.1. The number of likely N-dealkylation sites (tertiary alicyclic amines) is 1. The zero-order valence-corrected chi connectivity index (χ0v) is 18.7. The summed E-state index contributed by atoms with van der Waals surface area (Å²) in [5, 5.41) is 6.94. The summed E-state index contributed by atoms with van der Waals surface area (Å²) in [5.41, 5.74) is 3.78. The highest BCUT2D eigenvalue weighted by Crippen LogP contribution is 2.20. The highest BCUT2D eigenvalue weighted by Gasteiger charge is 2.22. The monoisotopic (exact) mass is 408 g/mol. The number of nitrogens with one attached hydrogen (secondary N) is 2. The number of rotatable bonds is 9. The molecule has 0 aromatic heterocycles. The van der Waals surface area contributed by atoms with E-state index in [1.807, 2.05) is 14.0 Å². The van der Waals surface area contributed by atoms with Crippen molar-refractivity contribution in [3.05, 3.63) is 65.2 Å². The van der Waals surface area contributed by atoms with Gasteiger partial charge in [-0.1, -0.05) is 42.5 Å². The van der Waals surface area contributed by atoms with E-state index < -0.39 is 0 Å². The lowest BCUT2D eigenvalue weighted by atomic mass is 10.1. The van der Waals surface area contributed by atoms with Crippen molar-refractivity contribution in [2.45, 2.75) is 33.2 Å². The van der Waals surface area contributed by atoms with Gasteiger partial charge in [0.25, 0.3) is 0 Å². The molecule has 0 aliphatic carbocycles. The molecule has 2 N–H and O–H groups in total. The molecule has 2 aromatic rings. The molecule has 1 unspecified atom stereocenters. The molecule has 5 nitrogen and oxygen atoms in total. The van der Waals surface area contributed by atoms with Gasteiger partial charge >= 0.3 is 0 Å². The van der Waals surface area contributed by atoms with Gasteiger partial charge in [0.2, 0.25) is 0 Å². The molecular weight excluding hydrogens is 372 g/mol. The van der Waals surface area contributed by atoms with E-state index in [4.69, 9.17) is 4.74 Å². The molecular formula is C25H36N4O. The Morgan fingerprint density at radius 3 is 2.77 bits per heavy atom. The quantitative estimate of drug-likeness (QED) is 0.491. The molecule has 0 spiro atoms. The Morgan fingerprint density at radius 2 is 2.00 bits per heavy atom. The maximum absolute atomic E-state index is 5.79. The normalized spacial score (nSPS) is 17.2. The van der Waals surface area contributed by atoms with Crippen LogP contribution in [0, 0.1) is 12.8 Å². The topological polar surface area (TPSA) is 48.9 Å². The SMILES string of the molecule is CCOc1cc(C)ccc1CNC(=NC)NCC1CCN(CCc2ccccc2)C1. The predicted octanol–water partition coefficient (Wildman–Crippen LogP) is 3.62. The summed E-state index contributed by atoms with van der Waals surface area (Å²) in [6.45, 7) is 9.91. The van der Waals surface area contributed by atoms with Gasteiger partial charge in [0.05, 0.1) is 6.61 Å². The highest BCUT2D eigenvalue weighted by atomic mass is 16.5. The predicted molar refractivity (Wildman–Crippen MR) is 125 cm³/mol. The Bertz CT molecular complexity index is 806. The molecule has 0 radical (unpaired) electrons. The van der Waals surface area contributed by atoms with Crippen LogP contribution in [0.15, 0.2) is 53.5 Å². The number of aliphatic imine (C=N–C) groups is 1. The van der Waals surface area contributed by atoms with Gasteiger partial charge in [0.15, 0.2) is 5.96 Å². The van der Waals surface area contributed by atoms with Gasteiger partial charge in [0, 0.05) is 38.8 Å². The zero-order valence-electron chi connectivity index (χ0n) is 18.7. The van der Waals surface area contributed by atoms with E-state index in [0.29, 0.717) is 19.1 Å². The van der Waals surface area contributed by atoms with Crippen molar-refractivity contribution in [2.24, 2.45) is 10.9 Å². The third-order valence-corrected chi connectivity index (χ3v) is 5.68. The zero-order chi connectivity index (χ0) is 21.2. The van der Waals surface area contributed by atoms with Crippen molar-refractivity contribution in [3.8, 4) is 5.75 Å². The van der Waals surface area contributed by atoms with Crippen LogP contribution in [0.3, 0.4) is 0 Å². The Kier molecular flexibility index (Phi) is 8.57. The summed E-state index contributed by atoms with van der Waals surface area (Å²) in [6.07, 6.45) is 2.37. The fraction of sp³-hybridized carbons (Fsp3) is 0.480. The molecule has 162 valence electrons. The average molecular weight is 409 g/mol. The molecule has 1 heterocycles. The minimum Gasteiger partial charge on any atom is -0.494 e. The summed E-state index contributed by atoms with van der Waals surface area (Å²) in [5.74, 6) is 2.46. The van der Waals surface area contributed by atoms with E-state index >= 15 is 0 Å². The van der Waals surface area contributed by atoms with Crippen molar-refractivity contribution < 1.29 is 4.74 Å². The molecule has 2 aromatic carbocycles. The van der Waals surface area contributed by atoms with Crippen LogP contribution >= 0.6 is 0 Å². The summed E-state index contributed by atoms with van der Waals surface area (Å²) in [4.78, 5) is 6.97. The van der Waals surface area contributed by atoms with Gasteiger partial charge in [-0.25, -0.2) is 0 Å². The molecule has 1 aliphatic rings. The lowest BCUT2D eigenvalue weighted by Crippen LogP contribution is -2.40. The molecule has 1 aliphatic heterocycles. The number of ether oxygens (including phenoxy) is 1. The highest BCUT2D eigenvalue weighted by molar-refractivity contribution is 5.79. The van der Waals surface area contributed by atoms with Gasteiger partial charge in [0.1, 0.15) is 5.75 Å². The standard InChI is InChI=1S/C25H36N4O/c1-4-30-24-16-20(2)10-11-23(24)18-28-25(26-3)27-17-22-13-15-29(19-22)14-12-21-8-6-5-7-9-21/h5-11,16,22H,4,12-15,17-19H2,1-3H3,(H2,26,27,28). The van der Waals surface area contributed by atoms with Crippen LogP contribution in [-0.4, -0.2) is 50.7 Å². The average Bonchev–Trinajstić information content (AvgIpc) is 3.22. The number of hydrogen-bond acceptors (Lipinski definition) is 3. The van der Waals surface area contributed by atoms with Gasteiger partial charge in [-0.15, -0.1) is 0 Å². The van der Waals surface area contributed by atoms with Gasteiger partial charge in [-0.2, -0.15) is 0 Å².